The molecule has 2 nitrogen and oxygen atoms in total. The third-order valence-electron chi connectivity index (χ3n) is 0. The second-order valence-electron chi connectivity index (χ2n) is 0.762. The molecule has 0 aliphatic carbocycles. The second-order valence-corrected chi connectivity index (χ2v) is 0.762. The summed E-state index contributed by atoms with van der Waals surface area (Å²) in [6, 6.07) is 0. The molecule has 0 aromatic heterocycles. The number of rotatable bonds is 0. The molecule has 11 heavy (non-hydrogen) atoms. The number of hydrogen-bond donors (Lipinski definition) is 0. The van der Waals surface area contributed by atoms with Crippen LogP contribution in [0, 0.1) is 13.8 Å². The van der Waals surface area contributed by atoms with E-state index >= 15 is 0 Å². The Morgan fingerprint density at radius 1 is 1.00 bits per heavy atom. The van der Waals surface area contributed by atoms with Crippen molar-refractivity contribution in [1.29, 1.82) is 0 Å². The van der Waals surface area contributed by atoms with Crippen LogP contribution in [0.1, 0.15) is 20.3 Å². The summed E-state index contributed by atoms with van der Waals surface area (Å²) < 4.78 is 0. The molecule has 0 rings (SSSR count). The van der Waals surface area contributed by atoms with E-state index in [0.29, 0.717) is 0 Å². The Morgan fingerprint density at radius 3 is 1.00 bits per heavy atom. The smallest absolute Gasteiger partial charge is 0.542 e. The van der Waals surface area contributed by atoms with Crippen molar-refractivity contribution in [1.82, 2.24) is 0 Å². The van der Waals surface area contributed by atoms with Gasteiger partial charge in [-0.25, -0.2) is 0 Å². The molecule has 0 aliphatic rings. The van der Waals surface area contributed by atoms with Crippen LogP contribution in [0.3, 0.4) is 0 Å². The van der Waals surface area contributed by atoms with E-state index < -0.39 is 0 Å². The molecule has 0 aromatic rings. The molecule has 0 fully saturated rings. The van der Waals surface area contributed by atoms with Crippen molar-refractivity contribution in [2.75, 3.05) is 0 Å². The van der Waals surface area contributed by atoms with E-state index in [-0.39, 0.29) is 42.1 Å². The van der Waals surface area contributed by atoms with Gasteiger partial charge in [-0.1, -0.05) is 0 Å². The van der Waals surface area contributed by atoms with E-state index in [9.17, 15) is 0 Å². The average Bonchev–Trinajstić information content (AvgIpc) is 1.70. The van der Waals surface area contributed by atoms with Gasteiger partial charge in [0, 0.05) is 0 Å². The molecule has 0 spiro atoms. The Morgan fingerprint density at radius 2 is 1.00 bits per heavy atom. The van der Waals surface area contributed by atoms with E-state index in [1.165, 1.54) is 26.4 Å². The SMILES string of the molecule is C[C-]=O.C[C-]=O.[CH2-]C[CH2-].[W+2].[W+2]. The van der Waals surface area contributed by atoms with Crippen molar-refractivity contribution in [3.05, 3.63) is 13.8 Å². The summed E-state index contributed by atoms with van der Waals surface area (Å²) in [6.07, 6.45) is 3.75. The molecular weight excluding hydrogens is 484 g/mol. The van der Waals surface area contributed by atoms with Crippen molar-refractivity contribution in [3.8, 4) is 0 Å². The molecule has 64 valence electrons. The molecule has 0 amide bonds. The Labute approximate surface area is 98.0 Å². The third-order valence-corrected chi connectivity index (χ3v) is 0. The van der Waals surface area contributed by atoms with Gasteiger partial charge in [0.05, 0.1) is 0 Å². The van der Waals surface area contributed by atoms with Crippen LogP contribution in [0.5, 0.6) is 0 Å². The summed E-state index contributed by atoms with van der Waals surface area (Å²) >= 11 is 0. The summed E-state index contributed by atoms with van der Waals surface area (Å²) in [5.41, 5.74) is 0. The van der Waals surface area contributed by atoms with Gasteiger partial charge in [0.2, 0.25) is 0 Å². The third kappa shape index (κ3) is 1590. The zero-order valence-electron chi connectivity index (χ0n) is 6.75. The van der Waals surface area contributed by atoms with Crippen LogP contribution in [0.15, 0.2) is 0 Å². The molecule has 0 bridgehead atoms. The minimum Gasteiger partial charge on any atom is -0.542 e. The van der Waals surface area contributed by atoms with Gasteiger partial charge < -0.3 is 29.9 Å². The van der Waals surface area contributed by atoms with E-state index in [2.05, 4.69) is 13.8 Å². The average molecular weight is 496 g/mol. The molecule has 0 unspecified atom stereocenters. The first-order valence-corrected chi connectivity index (χ1v) is 2.41. The predicted octanol–water partition coefficient (Wildman–Crippen LogP) is 1.27. The van der Waals surface area contributed by atoms with E-state index in [0.717, 1.165) is 6.42 Å². The molecule has 0 aromatic carbocycles. The molecular formula is C7H12O2W2. The summed E-state index contributed by atoms with van der Waals surface area (Å²) in [5, 5.41) is 0. The molecule has 0 radical (unpaired) electrons. The van der Waals surface area contributed by atoms with Crippen LogP contribution in [0.4, 0.5) is 0 Å². The van der Waals surface area contributed by atoms with Gasteiger partial charge in [-0.15, -0.1) is 0 Å². The zero-order valence-corrected chi connectivity index (χ0v) is 12.6. The van der Waals surface area contributed by atoms with E-state index in [1.54, 1.807) is 0 Å². The van der Waals surface area contributed by atoms with Gasteiger partial charge in [-0.05, 0) is 0 Å². The first-order chi connectivity index (χ1) is 4.24. The fraction of sp³-hybridized carbons (Fsp3) is 0.429. The molecule has 0 saturated heterocycles. The maximum Gasteiger partial charge on any atom is 2.00 e. The quantitative estimate of drug-likeness (QED) is 0.475. The Kier molecular flexibility index (Phi) is 199. The number of carbonyl (C=O) groups excluding carboxylic acids is 2. The van der Waals surface area contributed by atoms with Crippen LogP contribution in [0.25, 0.3) is 0 Å². The largest absolute Gasteiger partial charge is 2.00 e. The molecule has 0 N–H and O–H groups in total. The Hall–Kier alpha value is 0.717. The molecule has 4 heteroatoms. The minimum absolute atomic E-state index is 0. The fourth-order valence-electron chi connectivity index (χ4n) is 0. The van der Waals surface area contributed by atoms with Crippen LogP contribution in [-0.2, 0) is 51.7 Å². The summed E-state index contributed by atoms with van der Waals surface area (Å²) in [4.78, 5) is 17.4. The fourth-order valence-corrected chi connectivity index (χ4v) is 0. The van der Waals surface area contributed by atoms with E-state index in [1.807, 2.05) is 0 Å². The Bertz CT molecular complexity index is 43.7. The molecule has 0 aliphatic heterocycles. The first-order valence-electron chi connectivity index (χ1n) is 2.41. The zero-order chi connectivity index (χ0) is 8.12. The number of hydrogen-bond acceptors (Lipinski definition) is 2. The predicted molar refractivity (Wildman–Crippen MR) is 38.1 cm³/mol. The summed E-state index contributed by atoms with van der Waals surface area (Å²) in [6.45, 7) is 9.39. The van der Waals surface area contributed by atoms with Crippen molar-refractivity contribution in [3.63, 3.8) is 0 Å². The van der Waals surface area contributed by atoms with E-state index in [4.69, 9.17) is 9.59 Å². The van der Waals surface area contributed by atoms with Gasteiger partial charge in [0.15, 0.2) is 0 Å². The minimum atomic E-state index is 0. The van der Waals surface area contributed by atoms with Gasteiger partial charge in [-0.3, -0.25) is 12.6 Å². The monoisotopic (exact) mass is 496 g/mol. The molecule has 0 heterocycles. The van der Waals surface area contributed by atoms with Gasteiger partial charge in [0.1, 0.15) is 0 Å². The normalized spacial score (nSPS) is 4.00. The first kappa shape index (κ1) is 29.8. The maximum absolute atomic E-state index is 8.68. The summed E-state index contributed by atoms with van der Waals surface area (Å²) in [7, 11) is 0. The van der Waals surface area contributed by atoms with Crippen LogP contribution in [-0.4, -0.2) is 12.6 Å². The van der Waals surface area contributed by atoms with Crippen molar-refractivity contribution >= 4 is 12.6 Å². The van der Waals surface area contributed by atoms with Gasteiger partial charge in [0.25, 0.3) is 0 Å². The van der Waals surface area contributed by atoms with Crippen molar-refractivity contribution in [2.45, 2.75) is 20.3 Å². The van der Waals surface area contributed by atoms with Gasteiger partial charge >= 0.3 is 42.1 Å². The topological polar surface area (TPSA) is 34.1 Å². The Balaban J connectivity index is -0.0000000150. The van der Waals surface area contributed by atoms with Crippen molar-refractivity contribution in [2.24, 2.45) is 0 Å². The van der Waals surface area contributed by atoms with Crippen molar-refractivity contribution < 1.29 is 51.7 Å². The van der Waals surface area contributed by atoms with Crippen LogP contribution in [0.2, 0.25) is 0 Å². The van der Waals surface area contributed by atoms with Gasteiger partial charge in [-0.2, -0.15) is 13.8 Å². The summed E-state index contributed by atoms with van der Waals surface area (Å²) in [5.74, 6) is 0. The van der Waals surface area contributed by atoms with Crippen LogP contribution >= 0.6 is 0 Å². The molecule has 0 saturated carbocycles. The molecule has 0 atom stereocenters. The van der Waals surface area contributed by atoms with Crippen LogP contribution < -0.4 is 0 Å². The second kappa shape index (κ2) is 73.2. The standard InChI is InChI=1S/C3H6.2C2H3O.2W/c1-3-2;2*1-2-3;;/h1-3H2;2*1H3;;/q-2;2*-1;2*+2. The maximum atomic E-state index is 8.68.